The summed E-state index contributed by atoms with van der Waals surface area (Å²) in [5.74, 6) is 1.84. The maximum absolute atomic E-state index is 8.54. The van der Waals surface area contributed by atoms with Crippen LogP contribution in [0.3, 0.4) is 0 Å². The van der Waals surface area contributed by atoms with Crippen molar-refractivity contribution in [3.8, 4) is 6.07 Å². The third-order valence-corrected chi connectivity index (χ3v) is 4.61. The number of hydrogen-bond donors (Lipinski definition) is 0. The average molecular weight is 341 g/mol. The van der Waals surface area contributed by atoms with Crippen molar-refractivity contribution in [1.29, 1.82) is 5.26 Å². The molecule has 0 aromatic carbocycles. The van der Waals surface area contributed by atoms with Crippen molar-refractivity contribution in [3.05, 3.63) is 0 Å². The summed E-state index contributed by atoms with van der Waals surface area (Å²) < 4.78 is 4.25. The van der Waals surface area contributed by atoms with E-state index in [1.54, 1.807) is 14.2 Å². The van der Waals surface area contributed by atoms with Gasteiger partial charge in [-0.1, -0.05) is 67.2 Å². The van der Waals surface area contributed by atoms with Gasteiger partial charge in [-0.25, -0.2) is 0 Å². The van der Waals surface area contributed by atoms with Crippen LogP contribution in [0.2, 0.25) is 0 Å². The molecular formula is C21H44N2O. The Bertz CT molecular complexity index is 293. The lowest BCUT2D eigenvalue weighted by atomic mass is 9.66. The molecule has 1 saturated heterocycles. The Balaban J connectivity index is 0. The fourth-order valence-corrected chi connectivity index (χ4v) is 3.38. The summed E-state index contributed by atoms with van der Waals surface area (Å²) in [7, 11) is 3.25. The number of likely N-dealkylation sites (tertiary alicyclic amines) is 1. The molecule has 1 aliphatic carbocycles. The molecule has 0 aromatic rings. The van der Waals surface area contributed by atoms with Gasteiger partial charge in [-0.2, -0.15) is 5.26 Å². The molecule has 3 nitrogen and oxygen atoms in total. The molecule has 1 saturated carbocycles. The second-order valence-electron chi connectivity index (χ2n) is 7.58. The van der Waals surface area contributed by atoms with Crippen LogP contribution < -0.4 is 0 Å². The number of nitrogens with zero attached hydrogens (tertiary/aromatic N) is 2. The lowest BCUT2D eigenvalue weighted by Crippen LogP contribution is -2.57. The molecule has 144 valence electrons. The van der Waals surface area contributed by atoms with Gasteiger partial charge in [-0.05, 0) is 30.1 Å². The minimum Gasteiger partial charge on any atom is -0.388 e. The maximum atomic E-state index is 8.54. The van der Waals surface area contributed by atoms with Crippen molar-refractivity contribution in [3.63, 3.8) is 0 Å². The van der Waals surface area contributed by atoms with Crippen LogP contribution in [0.25, 0.3) is 0 Å². The minimum atomic E-state index is 0.628. The van der Waals surface area contributed by atoms with E-state index in [2.05, 4.69) is 43.4 Å². The molecule has 1 spiro atoms. The minimum absolute atomic E-state index is 0.628. The predicted molar refractivity (Wildman–Crippen MR) is 106 cm³/mol. The highest BCUT2D eigenvalue weighted by molar-refractivity contribution is 4.99. The van der Waals surface area contributed by atoms with Crippen LogP contribution >= 0.6 is 0 Å². The molecule has 1 heterocycles. The summed E-state index contributed by atoms with van der Waals surface area (Å²) in [6, 6.07) is 2.23. The molecule has 0 N–H and O–H groups in total. The van der Waals surface area contributed by atoms with Gasteiger partial charge >= 0.3 is 0 Å². The number of rotatable bonds is 3. The van der Waals surface area contributed by atoms with Crippen molar-refractivity contribution in [2.24, 2.45) is 17.3 Å². The predicted octanol–water partition coefficient (Wildman–Crippen LogP) is 5.75. The smallest absolute Gasteiger partial charge is 0.0866 e. The molecule has 2 fully saturated rings. The van der Waals surface area contributed by atoms with E-state index in [-0.39, 0.29) is 0 Å². The van der Waals surface area contributed by atoms with Crippen LogP contribution in [-0.4, -0.2) is 38.8 Å². The van der Waals surface area contributed by atoms with Gasteiger partial charge in [0.15, 0.2) is 0 Å². The molecule has 0 atom stereocenters. The Kier molecular flexibility index (Phi) is 17.0. The summed E-state index contributed by atoms with van der Waals surface area (Å²) >= 11 is 0. The molecule has 0 radical (unpaired) electrons. The highest BCUT2D eigenvalue weighted by atomic mass is 16.4. The van der Waals surface area contributed by atoms with E-state index in [1.807, 2.05) is 13.8 Å². The van der Waals surface area contributed by atoms with Crippen LogP contribution in [0, 0.1) is 28.6 Å². The van der Waals surface area contributed by atoms with Crippen molar-refractivity contribution >= 4 is 0 Å². The average Bonchev–Trinajstić information content (AvgIpc) is 2.51. The molecule has 24 heavy (non-hydrogen) atoms. The summed E-state index contributed by atoms with van der Waals surface area (Å²) in [6.07, 6.45) is 8.31. The van der Waals surface area contributed by atoms with E-state index in [1.165, 1.54) is 51.6 Å². The maximum Gasteiger partial charge on any atom is 0.0866 e. The fraction of sp³-hybridized carbons (Fsp3) is 0.952. The van der Waals surface area contributed by atoms with Gasteiger partial charge in [-0.3, -0.25) is 4.90 Å². The Labute approximate surface area is 152 Å². The second kappa shape index (κ2) is 15.9. The molecule has 0 amide bonds. The van der Waals surface area contributed by atoms with Gasteiger partial charge in [0.05, 0.1) is 12.6 Å². The van der Waals surface area contributed by atoms with Crippen molar-refractivity contribution in [2.45, 2.75) is 80.1 Å². The first-order valence-corrected chi connectivity index (χ1v) is 9.92. The van der Waals surface area contributed by atoms with Gasteiger partial charge < -0.3 is 4.74 Å². The van der Waals surface area contributed by atoms with Gasteiger partial charge in [0, 0.05) is 27.3 Å². The van der Waals surface area contributed by atoms with E-state index in [9.17, 15) is 0 Å². The lowest BCUT2D eigenvalue weighted by molar-refractivity contribution is -0.0279. The fourth-order valence-electron chi connectivity index (χ4n) is 3.38. The first-order chi connectivity index (χ1) is 11.4. The Morgan fingerprint density at radius 3 is 1.92 bits per heavy atom. The monoisotopic (exact) mass is 340 g/mol. The van der Waals surface area contributed by atoms with Crippen molar-refractivity contribution < 1.29 is 4.74 Å². The largest absolute Gasteiger partial charge is 0.388 e. The second-order valence-corrected chi connectivity index (χ2v) is 7.58. The van der Waals surface area contributed by atoms with Gasteiger partial charge in [-0.15, -0.1) is 0 Å². The summed E-state index contributed by atoms with van der Waals surface area (Å²) in [5, 5.41) is 8.54. The Morgan fingerprint density at radius 1 is 1.17 bits per heavy atom. The van der Waals surface area contributed by atoms with Crippen molar-refractivity contribution in [2.75, 3.05) is 33.9 Å². The standard InChI is InChI=1S/C11H18N2.C6H14.C2H6O.C2H6/c1-10-2-4-11(5-3-10)8-13(9-11)7-6-12;1-4-5-6(2)3;1-3-2;1-2/h10H,2-5,7-9H2,1H3;6H,4-5H2,1-3H3;1-2H3;1-2H3. The zero-order valence-corrected chi connectivity index (χ0v) is 17.8. The quantitative estimate of drug-likeness (QED) is 0.613. The number of ether oxygens (including phenoxy) is 1. The van der Waals surface area contributed by atoms with Gasteiger partial charge in [0.25, 0.3) is 0 Å². The summed E-state index contributed by atoms with van der Waals surface area (Å²) in [5.41, 5.74) is 0.628. The van der Waals surface area contributed by atoms with E-state index in [0.29, 0.717) is 12.0 Å². The summed E-state index contributed by atoms with van der Waals surface area (Å²) in [6.45, 7) is 16.1. The van der Waals surface area contributed by atoms with Crippen LogP contribution in [-0.2, 0) is 4.74 Å². The molecule has 1 aliphatic heterocycles. The molecule has 0 bridgehead atoms. The summed E-state index contributed by atoms with van der Waals surface area (Å²) in [4.78, 5) is 2.27. The zero-order chi connectivity index (χ0) is 19.0. The van der Waals surface area contributed by atoms with Gasteiger partial charge in [0.1, 0.15) is 0 Å². The number of hydrogen-bond acceptors (Lipinski definition) is 3. The van der Waals surface area contributed by atoms with E-state index in [4.69, 9.17) is 5.26 Å². The van der Waals surface area contributed by atoms with E-state index < -0.39 is 0 Å². The van der Waals surface area contributed by atoms with Crippen LogP contribution in [0.5, 0.6) is 0 Å². The Morgan fingerprint density at radius 2 is 1.62 bits per heavy atom. The normalized spacial score (nSPS) is 18.8. The zero-order valence-electron chi connectivity index (χ0n) is 17.8. The van der Waals surface area contributed by atoms with Crippen molar-refractivity contribution in [1.82, 2.24) is 4.90 Å². The first kappa shape index (κ1) is 25.6. The molecule has 0 aromatic heterocycles. The highest BCUT2D eigenvalue weighted by Crippen LogP contribution is 2.45. The van der Waals surface area contributed by atoms with Gasteiger partial charge in [0.2, 0.25) is 0 Å². The third-order valence-electron chi connectivity index (χ3n) is 4.61. The van der Waals surface area contributed by atoms with E-state index in [0.717, 1.165) is 11.8 Å². The number of methoxy groups -OCH3 is 1. The molecule has 2 rings (SSSR count). The highest BCUT2D eigenvalue weighted by Gasteiger charge is 2.43. The van der Waals surface area contributed by atoms with Crippen LogP contribution in [0.4, 0.5) is 0 Å². The molecule has 0 unspecified atom stereocenters. The molecule has 3 heteroatoms. The van der Waals surface area contributed by atoms with Crippen LogP contribution in [0.1, 0.15) is 80.1 Å². The lowest BCUT2D eigenvalue weighted by Gasteiger charge is -2.52. The number of nitriles is 1. The SMILES string of the molecule is CC.CC1CCC2(CC1)CN(CC#N)C2.CCCC(C)C.COC. The Hall–Kier alpha value is -0.590. The van der Waals surface area contributed by atoms with Crippen LogP contribution in [0.15, 0.2) is 0 Å². The first-order valence-electron chi connectivity index (χ1n) is 9.92. The van der Waals surface area contributed by atoms with E-state index >= 15 is 0 Å². The topological polar surface area (TPSA) is 36.3 Å². The third kappa shape index (κ3) is 11.9. The molecular weight excluding hydrogens is 296 g/mol. The molecule has 2 aliphatic rings.